The molecule has 0 radical (unpaired) electrons. The Morgan fingerprint density at radius 3 is 1.92 bits per heavy atom. The molecule has 7 aliphatic rings. The van der Waals surface area contributed by atoms with Crippen LogP contribution in [0.1, 0.15) is 108 Å². The standard InChI is InChI=1S/C60H43N3/c61-31-37-28-50-57(56-45-22-21-44(53(37)56)41-16-6-7-17-42(41)45)58-59-47(43-18-8-9-20-49(43)62(59)38-13-2-1-3-14-38)29-48-55-51(63(50)60(48)58)30-46(40-19-10-12-34-11-4-5-15-39(34)40)52-35-24-32-23-33(25-35)27-36(26-32)54(52)55/h1-20,28-30,32-33,35-36,44-45H,21-27H2. The maximum atomic E-state index is 11.3. The highest BCUT2D eigenvalue weighted by Crippen LogP contribution is 2.63. The molecule has 2 saturated carbocycles. The highest BCUT2D eigenvalue weighted by atomic mass is 15.0. The number of hydrogen-bond donors (Lipinski definition) is 0. The van der Waals surface area contributed by atoms with Gasteiger partial charge in [-0.2, -0.15) is 5.26 Å². The van der Waals surface area contributed by atoms with Crippen LogP contribution >= 0.6 is 0 Å². The lowest BCUT2D eigenvalue weighted by Gasteiger charge is -2.41. The Morgan fingerprint density at radius 1 is 0.460 bits per heavy atom. The first-order valence-electron chi connectivity index (χ1n) is 23.6. The van der Waals surface area contributed by atoms with Gasteiger partial charge in [-0.05, 0) is 160 Å². The fourth-order valence-corrected chi connectivity index (χ4v) is 15.4. The van der Waals surface area contributed by atoms with Crippen molar-refractivity contribution in [3.63, 3.8) is 0 Å². The molecule has 4 atom stereocenters. The second-order valence-corrected chi connectivity index (χ2v) is 20.1. The molecule has 4 unspecified atom stereocenters. The van der Waals surface area contributed by atoms with Gasteiger partial charge in [0.1, 0.15) is 0 Å². The Hall–Kier alpha value is -6.89. The predicted molar refractivity (Wildman–Crippen MR) is 258 cm³/mol. The molecule has 18 rings (SSSR count). The van der Waals surface area contributed by atoms with Gasteiger partial charge in [-0.15, -0.1) is 0 Å². The zero-order chi connectivity index (χ0) is 40.8. The summed E-state index contributed by atoms with van der Waals surface area (Å²) in [5, 5.41) is 22.2. The van der Waals surface area contributed by atoms with Crippen LogP contribution in [0.25, 0.3) is 87.5 Å². The molecule has 3 heterocycles. The Kier molecular flexibility index (Phi) is 6.29. The van der Waals surface area contributed by atoms with Crippen molar-refractivity contribution in [3.05, 3.63) is 178 Å². The molecular formula is C60H43N3. The van der Waals surface area contributed by atoms with E-state index in [1.54, 1.807) is 11.1 Å². The normalized spacial score (nSPS) is 23.1. The average molecular weight is 806 g/mol. The number of para-hydroxylation sites is 2. The minimum atomic E-state index is 0.229. The second-order valence-electron chi connectivity index (χ2n) is 20.1. The van der Waals surface area contributed by atoms with Crippen LogP contribution in [0.5, 0.6) is 0 Å². The van der Waals surface area contributed by atoms with Crippen molar-refractivity contribution >= 4 is 70.7 Å². The molecule has 0 spiro atoms. The van der Waals surface area contributed by atoms with Crippen molar-refractivity contribution in [3.8, 4) is 22.9 Å². The number of aromatic nitrogens is 2. The summed E-state index contributed by atoms with van der Waals surface area (Å²) in [6.45, 7) is 0. The molecule has 3 nitrogen and oxygen atoms in total. The van der Waals surface area contributed by atoms with Crippen LogP contribution in [0, 0.1) is 23.2 Å². The zero-order valence-corrected chi connectivity index (χ0v) is 35.0. The predicted octanol–water partition coefficient (Wildman–Crippen LogP) is 15.4. The third-order valence-corrected chi connectivity index (χ3v) is 17.3. The Bertz CT molecular complexity index is 3870. The largest absolute Gasteiger partial charge is 0.309 e. The number of benzene rings is 8. The molecule has 0 amide bonds. The molecule has 3 heteroatoms. The summed E-state index contributed by atoms with van der Waals surface area (Å²) in [5.41, 5.74) is 20.1. The molecular weight excluding hydrogens is 763 g/mol. The van der Waals surface area contributed by atoms with Gasteiger partial charge in [0, 0.05) is 49.8 Å². The van der Waals surface area contributed by atoms with Crippen molar-refractivity contribution in [2.75, 3.05) is 0 Å². The smallest absolute Gasteiger partial charge is 0.0995 e. The van der Waals surface area contributed by atoms with Gasteiger partial charge in [-0.1, -0.05) is 103 Å². The van der Waals surface area contributed by atoms with Crippen molar-refractivity contribution in [1.29, 1.82) is 5.26 Å². The summed E-state index contributed by atoms with van der Waals surface area (Å²) in [7, 11) is 0. The first-order chi connectivity index (χ1) is 31.2. The molecule has 2 fully saturated rings. The molecule has 0 saturated heterocycles. The van der Waals surface area contributed by atoms with E-state index in [4.69, 9.17) is 0 Å². The minimum absolute atomic E-state index is 0.229. The van der Waals surface area contributed by atoms with Crippen LogP contribution < -0.4 is 0 Å². The molecule has 3 aromatic heterocycles. The van der Waals surface area contributed by atoms with Crippen LogP contribution in [-0.2, 0) is 0 Å². The molecule has 8 aromatic carbocycles. The fourth-order valence-electron chi connectivity index (χ4n) is 15.4. The topological polar surface area (TPSA) is 33.1 Å². The molecule has 298 valence electrons. The lowest BCUT2D eigenvalue weighted by molar-refractivity contribution is 0.166. The quantitative estimate of drug-likeness (QED) is 0.171. The highest BCUT2D eigenvalue weighted by molar-refractivity contribution is 6.35. The van der Waals surface area contributed by atoms with E-state index >= 15 is 0 Å². The van der Waals surface area contributed by atoms with E-state index in [0.717, 1.165) is 30.2 Å². The van der Waals surface area contributed by atoms with Gasteiger partial charge in [0.25, 0.3) is 0 Å². The third kappa shape index (κ3) is 4.08. The number of nitriles is 1. The number of hydrogen-bond acceptors (Lipinski definition) is 1. The summed E-state index contributed by atoms with van der Waals surface area (Å²) in [5.74, 6) is 3.18. The van der Waals surface area contributed by atoms with E-state index < -0.39 is 0 Å². The molecule has 6 bridgehead atoms. The first-order valence-corrected chi connectivity index (χ1v) is 23.6. The second kappa shape index (κ2) is 11.8. The lowest BCUT2D eigenvalue weighted by Crippen LogP contribution is -2.26. The number of nitrogens with zero attached hydrogens (tertiary/aromatic N) is 3. The van der Waals surface area contributed by atoms with Crippen molar-refractivity contribution in [2.45, 2.75) is 68.6 Å². The maximum Gasteiger partial charge on any atom is 0.0995 e. The van der Waals surface area contributed by atoms with Crippen molar-refractivity contribution < 1.29 is 0 Å². The lowest BCUT2D eigenvalue weighted by atomic mass is 9.62. The van der Waals surface area contributed by atoms with Gasteiger partial charge in [0.2, 0.25) is 0 Å². The summed E-state index contributed by atoms with van der Waals surface area (Å²) >= 11 is 0. The van der Waals surface area contributed by atoms with E-state index in [0.29, 0.717) is 11.8 Å². The summed E-state index contributed by atoms with van der Waals surface area (Å²) in [6, 6.07) is 55.8. The molecule has 63 heavy (non-hydrogen) atoms. The highest BCUT2D eigenvalue weighted by Gasteiger charge is 2.46. The SMILES string of the molecule is N#Cc1cc2c(c3c1C1CCC3c3ccccc31)c1c3c(cc4c5c6c(c(-c7cccc8ccccc78)cc5n2c41)C1CC2CC(C1)CC6C2)c1ccccc1n3-c1ccccc1. The monoisotopic (exact) mass is 805 g/mol. The van der Waals surface area contributed by atoms with E-state index in [1.807, 2.05) is 0 Å². The Morgan fingerprint density at radius 2 is 1.13 bits per heavy atom. The van der Waals surface area contributed by atoms with Gasteiger partial charge >= 0.3 is 0 Å². The van der Waals surface area contributed by atoms with E-state index in [-0.39, 0.29) is 11.8 Å². The van der Waals surface area contributed by atoms with Crippen LogP contribution in [0.2, 0.25) is 0 Å². The summed E-state index contributed by atoms with van der Waals surface area (Å²) < 4.78 is 5.25. The number of fused-ring (bicyclic) bond motifs is 12. The zero-order valence-electron chi connectivity index (χ0n) is 35.0. The van der Waals surface area contributed by atoms with E-state index in [2.05, 4.69) is 155 Å². The van der Waals surface area contributed by atoms with Crippen molar-refractivity contribution in [1.82, 2.24) is 8.97 Å². The van der Waals surface area contributed by atoms with Crippen LogP contribution in [0.3, 0.4) is 0 Å². The van der Waals surface area contributed by atoms with Gasteiger partial charge in [0.05, 0.1) is 39.2 Å². The van der Waals surface area contributed by atoms with Crippen LogP contribution in [0.15, 0.2) is 140 Å². The average Bonchev–Trinajstić information content (AvgIpc) is 3.93. The molecule has 0 N–H and O–H groups in total. The summed E-state index contributed by atoms with van der Waals surface area (Å²) in [6.07, 6.45) is 8.82. The molecule has 0 aliphatic heterocycles. The third-order valence-electron chi connectivity index (χ3n) is 17.3. The van der Waals surface area contributed by atoms with Gasteiger partial charge in [0.15, 0.2) is 0 Å². The van der Waals surface area contributed by atoms with Crippen LogP contribution in [-0.4, -0.2) is 8.97 Å². The van der Waals surface area contributed by atoms with Gasteiger partial charge in [-0.25, -0.2) is 0 Å². The van der Waals surface area contributed by atoms with Crippen LogP contribution in [0.4, 0.5) is 0 Å². The first kappa shape index (κ1) is 33.7. The fraction of sp³-hybridized carbons (Fsp3) is 0.217. The molecule has 11 aromatic rings. The van der Waals surface area contributed by atoms with E-state index in [9.17, 15) is 5.26 Å². The Balaban J connectivity index is 1.18. The maximum absolute atomic E-state index is 11.3. The Labute approximate surface area is 365 Å². The number of rotatable bonds is 2. The van der Waals surface area contributed by atoms with E-state index in [1.165, 1.54) is 142 Å². The minimum Gasteiger partial charge on any atom is -0.309 e. The summed E-state index contributed by atoms with van der Waals surface area (Å²) in [4.78, 5) is 0. The van der Waals surface area contributed by atoms with Crippen molar-refractivity contribution in [2.24, 2.45) is 11.8 Å². The van der Waals surface area contributed by atoms with Gasteiger partial charge < -0.3 is 8.97 Å². The molecule has 7 aliphatic carbocycles. The van der Waals surface area contributed by atoms with Gasteiger partial charge in [-0.3, -0.25) is 0 Å².